The van der Waals surface area contributed by atoms with E-state index in [0.29, 0.717) is 17.6 Å². The summed E-state index contributed by atoms with van der Waals surface area (Å²) in [5.74, 6) is 1.72. The summed E-state index contributed by atoms with van der Waals surface area (Å²) in [4.78, 5) is 20.3. The summed E-state index contributed by atoms with van der Waals surface area (Å²) in [6.45, 7) is 13.7. The van der Waals surface area contributed by atoms with Crippen molar-refractivity contribution in [2.75, 3.05) is 0 Å². The molecule has 0 spiro atoms. The number of rotatable bonds is 5. The Balaban J connectivity index is 1.23. The fourth-order valence-corrected chi connectivity index (χ4v) is 8.27. The van der Waals surface area contributed by atoms with E-state index in [4.69, 9.17) is 19.9 Å². The van der Waals surface area contributed by atoms with Crippen LogP contribution in [0.1, 0.15) is 52.7 Å². The molecule has 0 saturated carbocycles. The molecule has 0 amide bonds. The van der Waals surface area contributed by atoms with Crippen LogP contribution >= 0.6 is 0 Å². The highest BCUT2D eigenvalue weighted by Gasteiger charge is 2.23. The van der Waals surface area contributed by atoms with Gasteiger partial charge in [-0.25, -0.2) is 9.97 Å². The second kappa shape index (κ2) is 13.3. The molecule has 4 aromatic heterocycles. The smallest absolute Gasteiger partial charge is 0.240 e. The number of pyridine rings is 1. The number of benzene rings is 6. The van der Waals surface area contributed by atoms with Crippen molar-refractivity contribution in [3.63, 3.8) is 0 Å². The average Bonchev–Trinajstić information content (AvgIpc) is 3.76. The quantitative estimate of drug-likeness (QED) is 0.176. The van der Waals surface area contributed by atoms with Gasteiger partial charge >= 0.3 is 0 Å². The number of aromatic nitrogens is 6. The number of hydrogen-bond acceptors (Lipinski definition) is 4. The van der Waals surface area contributed by atoms with E-state index in [-0.39, 0.29) is 10.8 Å². The van der Waals surface area contributed by atoms with Gasteiger partial charge in [-0.3, -0.25) is 4.57 Å². The monoisotopic (exact) mass is 752 g/mol. The lowest BCUT2D eigenvalue weighted by Gasteiger charge is -2.19. The highest BCUT2D eigenvalue weighted by atomic mass is 15.2. The molecule has 0 fully saturated rings. The Kier molecular flexibility index (Phi) is 8.17. The van der Waals surface area contributed by atoms with E-state index in [1.165, 1.54) is 32.9 Å². The van der Waals surface area contributed by atoms with Crippen molar-refractivity contribution in [2.45, 2.75) is 52.4 Å². The summed E-state index contributed by atoms with van der Waals surface area (Å²) in [7, 11) is 0. The Morgan fingerprint density at radius 2 is 0.983 bits per heavy atom. The average molecular weight is 753 g/mol. The molecule has 0 aliphatic carbocycles. The highest BCUT2D eigenvalue weighted by molar-refractivity contribution is 6.13. The maximum Gasteiger partial charge on any atom is 0.240 e. The molecule has 58 heavy (non-hydrogen) atoms. The van der Waals surface area contributed by atoms with Crippen molar-refractivity contribution in [1.29, 1.82) is 0 Å². The lowest BCUT2D eigenvalue weighted by atomic mass is 9.85. The lowest BCUT2D eigenvalue weighted by molar-refractivity contribution is 0.590. The van der Waals surface area contributed by atoms with E-state index in [1.54, 1.807) is 0 Å². The molecule has 0 aliphatic heterocycles. The first-order valence-electron chi connectivity index (χ1n) is 20.0. The SMILES string of the molecule is CC(C)(C)c1ccc2c(c1)c1cc(C(C)(C)C)ccc1n2-c1cccc(-c2cccc3c4cccnc4n(-c4nc(-c5ccccc5)nc(-c5ccccc5)n4)c23)c1. The van der Waals surface area contributed by atoms with Gasteiger partial charge < -0.3 is 4.57 Å². The third-order valence-electron chi connectivity index (χ3n) is 11.3. The first-order valence-corrected chi connectivity index (χ1v) is 20.0. The second-order valence-electron chi connectivity index (χ2n) is 17.3. The standard InChI is InChI=1S/C52H44N6/c1-51(2,3)36-25-27-44-42(31-36)43-32-37(52(4,5)6)26-28-45(43)57(44)38-21-13-20-35(30-38)39-22-14-23-40-41-24-15-29-53-49(41)58(46(39)40)50-55-47(33-16-9-7-10-17-33)54-48(56-50)34-18-11-8-12-19-34/h7-32H,1-6H3. The topological polar surface area (TPSA) is 61.4 Å². The van der Waals surface area contributed by atoms with Crippen molar-refractivity contribution in [2.24, 2.45) is 0 Å². The summed E-state index contributed by atoms with van der Waals surface area (Å²) in [5.41, 5.74) is 11.9. The fraction of sp³-hybridized carbons (Fsp3) is 0.154. The first-order chi connectivity index (χ1) is 28.0. The molecular weight excluding hydrogens is 709 g/mol. The van der Waals surface area contributed by atoms with Crippen LogP contribution in [-0.2, 0) is 10.8 Å². The molecule has 0 bridgehead atoms. The van der Waals surface area contributed by atoms with Crippen LogP contribution in [0.2, 0.25) is 0 Å². The zero-order valence-corrected chi connectivity index (χ0v) is 33.7. The van der Waals surface area contributed by atoms with E-state index in [9.17, 15) is 0 Å². The first kappa shape index (κ1) is 35.5. The second-order valence-corrected chi connectivity index (χ2v) is 17.3. The van der Waals surface area contributed by atoms with Gasteiger partial charge in [0.2, 0.25) is 5.95 Å². The molecule has 0 unspecified atom stereocenters. The van der Waals surface area contributed by atoms with Gasteiger partial charge in [0.15, 0.2) is 11.6 Å². The fourth-order valence-electron chi connectivity index (χ4n) is 8.27. The number of hydrogen-bond donors (Lipinski definition) is 0. The molecule has 4 heterocycles. The van der Waals surface area contributed by atoms with Gasteiger partial charge in [-0.15, -0.1) is 0 Å². The minimum atomic E-state index is 0.0262. The van der Waals surface area contributed by atoms with Gasteiger partial charge in [0.1, 0.15) is 5.65 Å². The van der Waals surface area contributed by atoms with Crippen LogP contribution in [0.15, 0.2) is 158 Å². The largest absolute Gasteiger partial charge is 0.309 e. The molecule has 6 aromatic carbocycles. The van der Waals surface area contributed by atoms with Crippen molar-refractivity contribution < 1.29 is 0 Å². The van der Waals surface area contributed by atoms with Crippen LogP contribution in [-0.4, -0.2) is 29.1 Å². The Labute approximate surface area is 338 Å². The van der Waals surface area contributed by atoms with Crippen LogP contribution in [0.4, 0.5) is 0 Å². The summed E-state index contributed by atoms with van der Waals surface area (Å²) in [6.07, 6.45) is 1.84. The van der Waals surface area contributed by atoms with E-state index >= 15 is 0 Å². The lowest BCUT2D eigenvalue weighted by Crippen LogP contribution is -2.10. The van der Waals surface area contributed by atoms with E-state index in [1.807, 2.05) is 72.9 Å². The molecule has 0 saturated heterocycles. The van der Waals surface area contributed by atoms with Gasteiger partial charge in [0, 0.05) is 50.1 Å². The summed E-state index contributed by atoms with van der Waals surface area (Å²) in [6, 6.07) is 53.8. The van der Waals surface area contributed by atoms with E-state index < -0.39 is 0 Å². The molecule has 10 rings (SSSR count). The number of fused-ring (bicyclic) bond motifs is 6. The predicted octanol–water partition coefficient (Wildman–Crippen LogP) is 13.1. The molecule has 6 nitrogen and oxygen atoms in total. The number of para-hydroxylation sites is 1. The van der Waals surface area contributed by atoms with Crippen LogP contribution in [0.3, 0.4) is 0 Å². The van der Waals surface area contributed by atoms with Crippen LogP contribution in [0.5, 0.6) is 0 Å². The van der Waals surface area contributed by atoms with Gasteiger partial charge in [0.25, 0.3) is 0 Å². The zero-order valence-electron chi connectivity index (χ0n) is 33.7. The minimum absolute atomic E-state index is 0.0262. The van der Waals surface area contributed by atoms with Gasteiger partial charge in [0.05, 0.1) is 16.6 Å². The third-order valence-corrected chi connectivity index (χ3v) is 11.3. The minimum Gasteiger partial charge on any atom is -0.309 e. The molecule has 282 valence electrons. The molecular formula is C52H44N6. The molecule has 0 N–H and O–H groups in total. The predicted molar refractivity (Wildman–Crippen MR) is 240 cm³/mol. The number of nitrogens with zero attached hydrogens (tertiary/aromatic N) is 6. The van der Waals surface area contributed by atoms with Gasteiger partial charge in [-0.2, -0.15) is 9.97 Å². The van der Waals surface area contributed by atoms with Gasteiger partial charge in [-0.05, 0) is 76.1 Å². The van der Waals surface area contributed by atoms with Gasteiger partial charge in [-0.1, -0.05) is 145 Å². The molecule has 0 aliphatic rings. The van der Waals surface area contributed by atoms with Crippen molar-refractivity contribution >= 4 is 43.7 Å². The Morgan fingerprint density at radius 3 is 1.57 bits per heavy atom. The highest BCUT2D eigenvalue weighted by Crippen LogP contribution is 2.41. The molecule has 10 aromatic rings. The van der Waals surface area contributed by atoms with Crippen LogP contribution in [0, 0.1) is 0 Å². The van der Waals surface area contributed by atoms with Crippen molar-refractivity contribution in [3.05, 3.63) is 169 Å². The summed E-state index contributed by atoms with van der Waals surface area (Å²) >= 11 is 0. The maximum absolute atomic E-state index is 5.18. The Morgan fingerprint density at radius 1 is 0.431 bits per heavy atom. The summed E-state index contributed by atoms with van der Waals surface area (Å²) < 4.78 is 4.55. The Bertz CT molecular complexity index is 3050. The maximum atomic E-state index is 5.18. The van der Waals surface area contributed by atoms with Crippen LogP contribution < -0.4 is 0 Å². The van der Waals surface area contributed by atoms with E-state index in [2.05, 4.69) is 136 Å². The molecule has 6 heteroatoms. The summed E-state index contributed by atoms with van der Waals surface area (Å²) in [5, 5.41) is 4.65. The zero-order chi connectivity index (χ0) is 39.8. The van der Waals surface area contributed by atoms with Crippen molar-refractivity contribution in [3.8, 4) is 45.5 Å². The van der Waals surface area contributed by atoms with Crippen LogP contribution in [0.25, 0.3) is 89.3 Å². The molecule has 0 radical (unpaired) electrons. The third kappa shape index (κ3) is 5.95. The van der Waals surface area contributed by atoms with Crippen molar-refractivity contribution in [1.82, 2.24) is 29.1 Å². The molecule has 0 atom stereocenters. The van der Waals surface area contributed by atoms with E-state index in [0.717, 1.165) is 49.9 Å². The Hall–Kier alpha value is -6.92. The normalized spacial score (nSPS) is 12.3.